The standard InChI is InChI=1S/C17H24N2O/c1-12(2)5-6-13(3)19-17-16-11-15(20-4)8-7-14(16)9-10-18-17/h7-13H,5-6H2,1-4H3,(H,18,19). The number of hydrogen-bond donors (Lipinski definition) is 1. The lowest BCUT2D eigenvalue weighted by atomic mass is 10.0. The molecule has 1 atom stereocenters. The van der Waals surface area contributed by atoms with Crippen molar-refractivity contribution in [2.24, 2.45) is 5.92 Å². The molecule has 20 heavy (non-hydrogen) atoms. The van der Waals surface area contributed by atoms with Crippen LogP contribution in [-0.4, -0.2) is 18.1 Å². The minimum Gasteiger partial charge on any atom is -0.497 e. The smallest absolute Gasteiger partial charge is 0.134 e. The summed E-state index contributed by atoms with van der Waals surface area (Å²) in [6.45, 7) is 6.73. The SMILES string of the molecule is COc1ccc2ccnc(NC(C)CCC(C)C)c2c1. The molecule has 0 aliphatic heterocycles. The Morgan fingerprint density at radius 2 is 1.95 bits per heavy atom. The number of fused-ring (bicyclic) bond motifs is 1. The number of benzene rings is 1. The van der Waals surface area contributed by atoms with Crippen LogP contribution in [0.2, 0.25) is 0 Å². The van der Waals surface area contributed by atoms with Crippen molar-refractivity contribution in [3.05, 3.63) is 30.5 Å². The van der Waals surface area contributed by atoms with Crippen LogP contribution in [0.25, 0.3) is 10.8 Å². The Bertz CT molecular complexity index is 566. The number of methoxy groups -OCH3 is 1. The fourth-order valence-electron chi connectivity index (χ4n) is 2.28. The zero-order valence-electron chi connectivity index (χ0n) is 12.8. The molecule has 1 unspecified atom stereocenters. The molecule has 1 N–H and O–H groups in total. The fraction of sp³-hybridized carbons (Fsp3) is 0.471. The minimum atomic E-state index is 0.418. The van der Waals surface area contributed by atoms with Crippen LogP contribution in [0.1, 0.15) is 33.6 Å². The van der Waals surface area contributed by atoms with Crippen molar-refractivity contribution in [3.63, 3.8) is 0 Å². The molecule has 1 aromatic heterocycles. The quantitative estimate of drug-likeness (QED) is 0.842. The van der Waals surface area contributed by atoms with E-state index in [0.717, 1.165) is 29.3 Å². The van der Waals surface area contributed by atoms with Crippen molar-refractivity contribution < 1.29 is 4.74 Å². The van der Waals surface area contributed by atoms with Crippen molar-refractivity contribution >= 4 is 16.6 Å². The maximum Gasteiger partial charge on any atom is 0.134 e. The van der Waals surface area contributed by atoms with E-state index in [0.29, 0.717) is 6.04 Å². The van der Waals surface area contributed by atoms with Gasteiger partial charge in [0.05, 0.1) is 7.11 Å². The third-order valence-electron chi connectivity index (χ3n) is 3.53. The first-order chi connectivity index (χ1) is 9.60. The van der Waals surface area contributed by atoms with Gasteiger partial charge in [-0.3, -0.25) is 0 Å². The number of pyridine rings is 1. The Hall–Kier alpha value is -1.77. The summed E-state index contributed by atoms with van der Waals surface area (Å²) in [5, 5.41) is 5.82. The van der Waals surface area contributed by atoms with E-state index < -0.39 is 0 Å². The van der Waals surface area contributed by atoms with Gasteiger partial charge in [0.1, 0.15) is 11.6 Å². The zero-order chi connectivity index (χ0) is 14.5. The van der Waals surface area contributed by atoms with E-state index in [1.165, 1.54) is 11.8 Å². The molecule has 0 aliphatic carbocycles. The van der Waals surface area contributed by atoms with Crippen LogP contribution < -0.4 is 10.1 Å². The van der Waals surface area contributed by atoms with Crippen LogP contribution in [-0.2, 0) is 0 Å². The molecule has 0 saturated carbocycles. The lowest BCUT2D eigenvalue weighted by Crippen LogP contribution is -2.16. The van der Waals surface area contributed by atoms with Crippen molar-refractivity contribution in [1.82, 2.24) is 4.98 Å². The number of anilines is 1. The highest BCUT2D eigenvalue weighted by molar-refractivity contribution is 5.92. The van der Waals surface area contributed by atoms with E-state index in [2.05, 4.69) is 37.1 Å². The van der Waals surface area contributed by atoms with E-state index in [1.54, 1.807) is 7.11 Å². The van der Waals surface area contributed by atoms with E-state index in [-0.39, 0.29) is 0 Å². The molecule has 0 fully saturated rings. The number of nitrogens with one attached hydrogen (secondary N) is 1. The van der Waals surface area contributed by atoms with Gasteiger partial charge in [0, 0.05) is 17.6 Å². The molecule has 2 aromatic rings. The van der Waals surface area contributed by atoms with Gasteiger partial charge in [-0.1, -0.05) is 19.9 Å². The van der Waals surface area contributed by atoms with Gasteiger partial charge in [-0.15, -0.1) is 0 Å². The van der Waals surface area contributed by atoms with Gasteiger partial charge in [-0.2, -0.15) is 0 Å². The second-order valence-electron chi connectivity index (χ2n) is 5.76. The predicted octanol–water partition coefficient (Wildman–Crippen LogP) is 4.48. The molecule has 3 nitrogen and oxygen atoms in total. The predicted molar refractivity (Wildman–Crippen MR) is 85.5 cm³/mol. The highest BCUT2D eigenvalue weighted by Crippen LogP contribution is 2.26. The second kappa shape index (κ2) is 6.60. The number of ether oxygens (including phenoxy) is 1. The van der Waals surface area contributed by atoms with Gasteiger partial charge >= 0.3 is 0 Å². The van der Waals surface area contributed by atoms with Crippen molar-refractivity contribution in [2.75, 3.05) is 12.4 Å². The van der Waals surface area contributed by atoms with Crippen LogP contribution in [0.3, 0.4) is 0 Å². The average molecular weight is 272 g/mol. The maximum absolute atomic E-state index is 5.31. The van der Waals surface area contributed by atoms with Crippen molar-refractivity contribution in [1.29, 1.82) is 0 Å². The summed E-state index contributed by atoms with van der Waals surface area (Å²) in [5.74, 6) is 2.54. The van der Waals surface area contributed by atoms with Crippen LogP contribution in [0.15, 0.2) is 30.5 Å². The molecule has 3 heteroatoms. The van der Waals surface area contributed by atoms with Crippen LogP contribution >= 0.6 is 0 Å². The van der Waals surface area contributed by atoms with E-state index in [9.17, 15) is 0 Å². The van der Waals surface area contributed by atoms with E-state index in [4.69, 9.17) is 4.74 Å². The molecule has 0 saturated heterocycles. The van der Waals surface area contributed by atoms with E-state index in [1.807, 2.05) is 24.4 Å². The molecule has 0 spiro atoms. The fourth-order valence-corrected chi connectivity index (χ4v) is 2.28. The summed E-state index contributed by atoms with van der Waals surface area (Å²) in [6.07, 6.45) is 4.23. The summed E-state index contributed by atoms with van der Waals surface area (Å²) in [7, 11) is 1.69. The summed E-state index contributed by atoms with van der Waals surface area (Å²) >= 11 is 0. The number of aromatic nitrogens is 1. The number of hydrogen-bond acceptors (Lipinski definition) is 3. The largest absolute Gasteiger partial charge is 0.497 e. The molecule has 0 aliphatic rings. The lowest BCUT2D eigenvalue weighted by molar-refractivity contribution is 0.415. The van der Waals surface area contributed by atoms with Crippen molar-refractivity contribution in [3.8, 4) is 5.75 Å². The van der Waals surface area contributed by atoms with Crippen LogP contribution in [0, 0.1) is 5.92 Å². The van der Waals surface area contributed by atoms with Crippen molar-refractivity contribution in [2.45, 2.75) is 39.7 Å². The Morgan fingerprint density at radius 1 is 1.15 bits per heavy atom. The third kappa shape index (κ3) is 3.62. The first-order valence-electron chi connectivity index (χ1n) is 7.29. The molecule has 2 rings (SSSR count). The van der Waals surface area contributed by atoms with Gasteiger partial charge in [-0.25, -0.2) is 4.98 Å². The van der Waals surface area contributed by atoms with Gasteiger partial charge < -0.3 is 10.1 Å². The molecule has 0 radical (unpaired) electrons. The second-order valence-corrected chi connectivity index (χ2v) is 5.76. The van der Waals surface area contributed by atoms with Gasteiger partial charge in [0.15, 0.2) is 0 Å². The van der Waals surface area contributed by atoms with Crippen LogP contribution in [0.5, 0.6) is 5.75 Å². The Balaban J connectivity index is 2.20. The molecule has 1 heterocycles. The number of nitrogens with zero attached hydrogens (tertiary/aromatic N) is 1. The summed E-state index contributed by atoms with van der Waals surface area (Å²) < 4.78 is 5.31. The topological polar surface area (TPSA) is 34.1 Å². The highest BCUT2D eigenvalue weighted by Gasteiger charge is 2.08. The molecule has 108 valence electrons. The van der Waals surface area contributed by atoms with Crippen LogP contribution in [0.4, 0.5) is 5.82 Å². The molecule has 0 bridgehead atoms. The average Bonchev–Trinajstić information content (AvgIpc) is 2.45. The molecular formula is C17H24N2O. The summed E-state index contributed by atoms with van der Waals surface area (Å²) in [4.78, 5) is 4.48. The van der Waals surface area contributed by atoms with E-state index >= 15 is 0 Å². The lowest BCUT2D eigenvalue weighted by Gasteiger charge is -2.17. The van der Waals surface area contributed by atoms with Gasteiger partial charge in [-0.05, 0) is 49.3 Å². The first-order valence-corrected chi connectivity index (χ1v) is 7.29. The normalized spacial score (nSPS) is 12.7. The molecular weight excluding hydrogens is 248 g/mol. The Morgan fingerprint density at radius 3 is 2.65 bits per heavy atom. The molecule has 0 amide bonds. The minimum absolute atomic E-state index is 0.418. The zero-order valence-corrected chi connectivity index (χ0v) is 12.8. The van der Waals surface area contributed by atoms with Gasteiger partial charge in [0.25, 0.3) is 0 Å². The number of rotatable bonds is 6. The Labute approximate surface area is 121 Å². The summed E-state index contributed by atoms with van der Waals surface area (Å²) in [6, 6.07) is 8.54. The maximum atomic E-state index is 5.31. The third-order valence-corrected chi connectivity index (χ3v) is 3.53. The Kier molecular flexibility index (Phi) is 4.83. The molecule has 1 aromatic carbocycles. The first kappa shape index (κ1) is 14.6. The summed E-state index contributed by atoms with van der Waals surface area (Å²) in [5.41, 5.74) is 0. The monoisotopic (exact) mass is 272 g/mol. The highest BCUT2D eigenvalue weighted by atomic mass is 16.5. The van der Waals surface area contributed by atoms with Gasteiger partial charge in [0.2, 0.25) is 0 Å².